The number of hydrogen-bond acceptors (Lipinski definition) is 7. The summed E-state index contributed by atoms with van der Waals surface area (Å²) in [6.07, 6.45) is 2.09. The first-order valence-electron chi connectivity index (χ1n) is 10.7. The molecule has 2 saturated heterocycles. The standard InChI is InChI=1S/C23H23ClFN5O3/c1-32-18-10-17-13(21(29-12-28-17)30-16-4-2-3-15(24)19(16)25)9-14(18)20-23(5-7-26-8-6-23)11-27-22(31)33-20/h2-4,9-10,12,20,26H,5-8,11H2,1H3,(H,27,31)(H,28,29,30). The Bertz CT molecular complexity index is 1220. The summed E-state index contributed by atoms with van der Waals surface area (Å²) in [6, 6.07) is 8.37. The van der Waals surface area contributed by atoms with Crippen LogP contribution in [0.1, 0.15) is 24.5 Å². The lowest BCUT2D eigenvalue weighted by atomic mass is 9.71. The lowest BCUT2D eigenvalue weighted by molar-refractivity contribution is -0.0417. The minimum absolute atomic E-state index is 0.00943. The number of nitrogens with one attached hydrogen (secondary N) is 3. The van der Waals surface area contributed by atoms with Crippen LogP contribution in [0.25, 0.3) is 10.9 Å². The Balaban J connectivity index is 1.63. The molecule has 0 bridgehead atoms. The van der Waals surface area contributed by atoms with E-state index < -0.39 is 18.0 Å². The fraction of sp³-hybridized carbons (Fsp3) is 0.348. The molecule has 0 radical (unpaired) electrons. The van der Waals surface area contributed by atoms with Crippen molar-refractivity contribution in [3.63, 3.8) is 0 Å². The maximum atomic E-state index is 14.5. The fourth-order valence-corrected chi connectivity index (χ4v) is 4.86. The van der Waals surface area contributed by atoms with E-state index in [4.69, 9.17) is 21.1 Å². The van der Waals surface area contributed by atoms with Crippen LogP contribution in [-0.2, 0) is 4.74 Å². The molecule has 172 valence electrons. The molecule has 2 aliphatic heterocycles. The summed E-state index contributed by atoms with van der Waals surface area (Å²) in [4.78, 5) is 20.9. The zero-order chi connectivity index (χ0) is 23.0. The number of ether oxygens (including phenoxy) is 2. The summed E-state index contributed by atoms with van der Waals surface area (Å²) in [7, 11) is 1.57. The van der Waals surface area contributed by atoms with Crippen LogP contribution in [0.4, 0.5) is 20.7 Å². The van der Waals surface area contributed by atoms with Gasteiger partial charge in [-0.3, -0.25) is 0 Å². The van der Waals surface area contributed by atoms with Gasteiger partial charge < -0.3 is 25.4 Å². The van der Waals surface area contributed by atoms with E-state index in [0.717, 1.165) is 31.5 Å². The first-order valence-corrected chi connectivity index (χ1v) is 11.1. The van der Waals surface area contributed by atoms with E-state index in [1.807, 2.05) is 6.07 Å². The number of anilines is 2. The van der Waals surface area contributed by atoms with Gasteiger partial charge in [0.05, 0.1) is 23.3 Å². The van der Waals surface area contributed by atoms with Crippen molar-refractivity contribution in [2.24, 2.45) is 5.41 Å². The van der Waals surface area contributed by atoms with Crippen molar-refractivity contribution in [2.45, 2.75) is 18.9 Å². The summed E-state index contributed by atoms with van der Waals surface area (Å²) in [5.41, 5.74) is 1.26. The molecule has 0 aliphatic carbocycles. The summed E-state index contributed by atoms with van der Waals surface area (Å²) >= 11 is 5.94. The highest BCUT2D eigenvalue weighted by molar-refractivity contribution is 6.31. The van der Waals surface area contributed by atoms with Crippen LogP contribution in [-0.4, -0.2) is 42.8 Å². The third-order valence-corrected chi connectivity index (χ3v) is 6.73. The van der Waals surface area contributed by atoms with Crippen molar-refractivity contribution in [2.75, 3.05) is 32.1 Å². The predicted octanol–water partition coefficient (Wildman–Crippen LogP) is 4.33. The number of fused-ring (bicyclic) bond motifs is 1. The Kier molecular flexibility index (Phi) is 5.67. The van der Waals surface area contributed by atoms with Crippen molar-refractivity contribution in [1.82, 2.24) is 20.6 Å². The predicted molar refractivity (Wildman–Crippen MR) is 123 cm³/mol. The Morgan fingerprint density at radius 1 is 1.27 bits per heavy atom. The van der Waals surface area contributed by atoms with Gasteiger partial charge in [0.25, 0.3) is 0 Å². The topological polar surface area (TPSA) is 97.4 Å². The molecule has 2 aromatic carbocycles. The smallest absolute Gasteiger partial charge is 0.407 e. The number of rotatable bonds is 4. The van der Waals surface area contributed by atoms with Crippen molar-refractivity contribution in [1.29, 1.82) is 0 Å². The molecule has 3 N–H and O–H groups in total. The van der Waals surface area contributed by atoms with Crippen LogP contribution in [0.5, 0.6) is 5.75 Å². The molecule has 3 heterocycles. The Labute approximate surface area is 194 Å². The zero-order valence-corrected chi connectivity index (χ0v) is 18.7. The molecule has 8 nitrogen and oxygen atoms in total. The number of hydrogen-bond donors (Lipinski definition) is 3. The molecule has 1 unspecified atom stereocenters. The first kappa shape index (κ1) is 21.7. The summed E-state index contributed by atoms with van der Waals surface area (Å²) < 4.78 is 26.1. The van der Waals surface area contributed by atoms with Gasteiger partial charge in [-0.25, -0.2) is 19.2 Å². The highest BCUT2D eigenvalue weighted by Gasteiger charge is 2.47. The first-order chi connectivity index (χ1) is 16.0. The lowest BCUT2D eigenvalue weighted by Gasteiger charge is -2.46. The number of piperidine rings is 1. The largest absolute Gasteiger partial charge is 0.496 e. The van der Waals surface area contributed by atoms with Gasteiger partial charge in [-0.05, 0) is 44.1 Å². The maximum absolute atomic E-state index is 14.5. The molecule has 1 amide bonds. The minimum atomic E-state index is -0.569. The molecule has 2 aliphatic rings. The number of carbonyl (C=O) groups excluding carboxylic acids is 1. The molecule has 0 saturated carbocycles. The van der Waals surface area contributed by atoms with Crippen molar-refractivity contribution >= 4 is 40.1 Å². The van der Waals surface area contributed by atoms with Gasteiger partial charge in [0.2, 0.25) is 0 Å². The average molecular weight is 472 g/mol. The molecule has 10 heteroatoms. The van der Waals surface area contributed by atoms with E-state index in [0.29, 0.717) is 29.0 Å². The van der Waals surface area contributed by atoms with Crippen molar-refractivity contribution < 1.29 is 18.7 Å². The van der Waals surface area contributed by atoms with Gasteiger partial charge in [0.1, 0.15) is 24.0 Å². The van der Waals surface area contributed by atoms with E-state index in [1.165, 1.54) is 12.4 Å². The number of halogens is 2. The van der Waals surface area contributed by atoms with E-state index in [9.17, 15) is 9.18 Å². The molecular weight excluding hydrogens is 449 g/mol. The average Bonchev–Trinajstić information content (AvgIpc) is 2.83. The van der Waals surface area contributed by atoms with Crippen LogP contribution < -0.4 is 20.7 Å². The van der Waals surface area contributed by atoms with Crippen LogP contribution in [0, 0.1) is 11.2 Å². The number of carbonyl (C=O) groups is 1. The monoisotopic (exact) mass is 471 g/mol. The van der Waals surface area contributed by atoms with Crippen molar-refractivity contribution in [3.8, 4) is 5.75 Å². The van der Waals surface area contributed by atoms with Gasteiger partial charge in [0.15, 0.2) is 5.82 Å². The van der Waals surface area contributed by atoms with Crippen molar-refractivity contribution in [3.05, 3.63) is 53.1 Å². The quantitative estimate of drug-likeness (QED) is 0.521. The SMILES string of the molecule is COc1cc2ncnc(Nc3cccc(Cl)c3F)c2cc1C1OC(=O)NCC12CCNCC2. The van der Waals surface area contributed by atoms with Crippen LogP contribution >= 0.6 is 11.6 Å². The number of methoxy groups -OCH3 is 1. The number of alkyl carbamates (subject to hydrolysis) is 1. The number of amides is 1. The highest BCUT2D eigenvalue weighted by atomic mass is 35.5. The molecule has 1 aromatic heterocycles. The maximum Gasteiger partial charge on any atom is 0.407 e. The minimum Gasteiger partial charge on any atom is -0.496 e. The molecule has 3 aromatic rings. The molecule has 1 atom stereocenters. The normalized spacial score (nSPS) is 19.7. The highest BCUT2D eigenvalue weighted by Crippen LogP contribution is 2.49. The van der Waals surface area contributed by atoms with Gasteiger partial charge in [-0.15, -0.1) is 0 Å². The molecular formula is C23H23ClFN5O3. The van der Waals surface area contributed by atoms with E-state index in [-0.39, 0.29) is 16.1 Å². The number of nitrogens with zero attached hydrogens (tertiary/aromatic N) is 2. The third-order valence-electron chi connectivity index (χ3n) is 6.44. The number of aromatic nitrogens is 2. The summed E-state index contributed by atoms with van der Waals surface area (Å²) in [5.74, 6) is 0.406. The summed E-state index contributed by atoms with van der Waals surface area (Å²) in [6.45, 7) is 2.18. The van der Waals surface area contributed by atoms with E-state index in [2.05, 4.69) is 25.9 Å². The van der Waals surface area contributed by atoms with Crippen LogP contribution in [0.3, 0.4) is 0 Å². The molecule has 1 spiro atoms. The molecule has 5 rings (SSSR count). The Hall–Kier alpha value is -3.17. The van der Waals surface area contributed by atoms with E-state index in [1.54, 1.807) is 25.3 Å². The van der Waals surface area contributed by atoms with Gasteiger partial charge >= 0.3 is 6.09 Å². The second-order valence-corrected chi connectivity index (χ2v) is 8.72. The second kappa shape index (κ2) is 8.64. The van der Waals surface area contributed by atoms with Crippen LogP contribution in [0.15, 0.2) is 36.7 Å². The zero-order valence-electron chi connectivity index (χ0n) is 18.0. The second-order valence-electron chi connectivity index (χ2n) is 8.31. The lowest BCUT2D eigenvalue weighted by Crippen LogP contribution is -2.53. The van der Waals surface area contributed by atoms with Gasteiger partial charge in [-0.2, -0.15) is 0 Å². The molecule has 2 fully saturated rings. The van der Waals surface area contributed by atoms with Gasteiger partial charge in [-0.1, -0.05) is 17.7 Å². The molecule has 33 heavy (non-hydrogen) atoms. The van der Waals surface area contributed by atoms with Gasteiger partial charge in [0, 0.05) is 29.0 Å². The third kappa shape index (κ3) is 3.91. The Morgan fingerprint density at radius 3 is 2.88 bits per heavy atom. The number of benzene rings is 2. The van der Waals surface area contributed by atoms with E-state index >= 15 is 0 Å². The number of cyclic esters (lactones) is 1. The van der Waals surface area contributed by atoms with Crippen LogP contribution in [0.2, 0.25) is 5.02 Å². The summed E-state index contributed by atoms with van der Waals surface area (Å²) in [5, 5.41) is 9.90. The Morgan fingerprint density at radius 2 is 2.09 bits per heavy atom. The fourth-order valence-electron chi connectivity index (χ4n) is 4.68.